The van der Waals surface area contributed by atoms with E-state index in [1.54, 1.807) is 9.80 Å². The van der Waals surface area contributed by atoms with Crippen molar-refractivity contribution in [3.05, 3.63) is 95.2 Å². The maximum Gasteiger partial charge on any atom is 0.254 e. The number of rotatable bonds is 9. The molecule has 1 aromatic heterocycles. The summed E-state index contributed by atoms with van der Waals surface area (Å²) in [5.74, 6) is 1.19. The number of ether oxygens (including phenoxy) is 2. The van der Waals surface area contributed by atoms with Crippen LogP contribution >= 0.6 is 0 Å². The summed E-state index contributed by atoms with van der Waals surface area (Å²) in [4.78, 5) is 35.2. The third-order valence-electron chi connectivity index (χ3n) is 8.46. The molecule has 4 aromatic rings. The lowest BCUT2D eigenvalue weighted by atomic mass is 9.76. The molecular formula is C34H37N3O4. The van der Waals surface area contributed by atoms with E-state index in [-0.39, 0.29) is 24.3 Å². The summed E-state index contributed by atoms with van der Waals surface area (Å²) in [6.45, 7) is 8.05. The fraction of sp³-hybridized carbons (Fsp3) is 0.353. The zero-order valence-corrected chi connectivity index (χ0v) is 24.0. The zero-order chi connectivity index (χ0) is 28.6. The minimum absolute atomic E-state index is 0.0394. The highest BCUT2D eigenvalue weighted by molar-refractivity contribution is 6.01. The molecule has 0 aliphatic carbocycles. The van der Waals surface area contributed by atoms with Gasteiger partial charge in [0.15, 0.2) is 17.0 Å². The monoisotopic (exact) mass is 551 g/mol. The number of carbonyl (C=O) groups is 2. The van der Waals surface area contributed by atoms with Gasteiger partial charge in [0.1, 0.15) is 0 Å². The van der Waals surface area contributed by atoms with Crippen molar-refractivity contribution in [2.24, 2.45) is 0 Å². The first kappa shape index (κ1) is 26.9. The van der Waals surface area contributed by atoms with Crippen molar-refractivity contribution < 1.29 is 19.1 Å². The molecule has 3 aromatic carbocycles. The van der Waals surface area contributed by atoms with Gasteiger partial charge in [-0.15, -0.1) is 0 Å². The number of nitrogens with one attached hydrogen (secondary N) is 1. The van der Waals surface area contributed by atoms with Crippen LogP contribution < -0.4 is 9.47 Å². The number of hydrogen-bond acceptors (Lipinski definition) is 4. The molecule has 0 unspecified atom stereocenters. The molecule has 2 amide bonds. The van der Waals surface area contributed by atoms with E-state index in [0.717, 1.165) is 45.5 Å². The second-order valence-corrected chi connectivity index (χ2v) is 11.0. The fourth-order valence-corrected chi connectivity index (χ4v) is 6.41. The minimum Gasteiger partial charge on any atom is -0.490 e. The van der Waals surface area contributed by atoms with E-state index < -0.39 is 5.54 Å². The molecule has 7 nitrogen and oxygen atoms in total. The lowest BCUT2D eigenvalue weighted by Gasteiger charge is -2.51. The number of benzene rings is 3. The predicted molar refractivity (Wildman–Crippen MR) is 159 cm³/mol. The van der Waals surface area contributed by atoms with Gasteiger partial charge in [-0.2, -0.15) is 0 Å². The maximum atomic E-state index is 14.3. The van der Waals surface area contributed by atoms with E-state index >= 15 is 0 Å². The number of piperazine rings is 1. The highest BCUT2D eigenvalue weighted by Crippen LogP contribution is 2.49. The number of fused-ring (bicyclic) bond motifs is 5. The van der Waals surface area contributed by atoms with Gasteiger partial charge < -0.3 is 24.3 Å². The van der Waals surface area contributed by atoms with Gasteiger partial charge in [0.25, 0.3) is 5.91 Å². The highest BCUT2D eigenvalue weighted by atomic mass is 16.5. The minimum atomic E-state index is -1.12. The molecular weight excluding hydrogens is 514 g/mol. The number of carbonyl (C=O) groups excluding carboxylic acids is 2. The van der Waals surface area contributed by atoms with Crippen molar-refractivity contribution in [3.8, 4) is 11.5 Å². The third-order valence-corrected chi connectivity index (χ3v) is 8.46. The van der Waals surface area contributed by atoms with Crippen molar-refractivity contribution in [3.63, 3.8) is 0 Å². The number of hydrogen-bond donors (Lipinski definition) is 1. The van der Waals surface area contributed by atoms with Crippen LogP contribution in [0.5, 0.6) is 11.5 Å². The van der Waals surface area contributed by atoms with E-state index in [0.29, 0.717) is 38.5 Å². The van der Waals surface area contributed by atoms with Gasteiger partial charge in [-0.1, -0.05) is 61.5 Å². The first-order valence-electron chi connectivity index (χ1n) is 14.6. The van der Waals surface area contributed by atoms with Crippen LogP contribution in [0.2, 0.25) is 0 Å². The van der Waals surface area contributed by atoms with Gasteiger partial charge in [0.05, 0.1) is 25.5 Å². The second-order valence-electron chi connectivity index (χ2n) is 11.0. The summed E-state index contributed by atoms with van der Waals surface area (Å²) < 4.78 is 12.0. The second kappa shape index (κ2) is 11.0. The van der Waals surface area contributed by atoms with Crippen molar-refractivity contribution in [2.45, 2.75) is 45.1 Å². The van der Waals surface area contributed by atoms with Gasteiger partial charge in [-0.05, 0) is 61.6 Å². The van der Waals surface area contributed by atoms with E-state index in [1.165, 1.54) is 0 Å². The zero-order valence-electron chi connectivity index (χ0n) is 24.0. The standard InChI is InChI=1S/C34H37N3O4/c1-4-19-41-28-16-15-24(20-29(28)40-5-2)26-21-37-30(38)22-36(18-17-23-11-7-6-8-12-23)33(39)34(37,3)32-31(26)25-13-9-10-14-27(25)35-32/h6-16,20,26,35H,4-5,17-19,21-22H2,1-3H3/t26-,34-/m0/s1. The molecule has 2 aliphatic heterocycles. The van der Waals surface area contributed by atoms with Crippen molar-refractivity contribution >= 4 is 22.7 Å². The normalized spacial score (nSPS) is 20.2. The number of amides is 2. The molecule has 1 saturated heterocycles. The average molecular weight is 552 g/mol. The number of aromatic amines is 1. The summed E-state index contributed by atoms with van der Waals surface area (Å²) in [5.41, 5.74) is 3.87. The molecule has 0 radical (unpaired) electrons. The van der Waals surface area contributed by atoms with Crippen LogP contribution in [0.3, 0.4) is 0 Å². The molecule has 7 heteroatoms. The molecule has 6 rings (SSSR count). The molecule has 0 spiro atoms. The molecule has 3 heterocycles. The predicted octanol–water partition coefficient (Wildman–Crippen LogP) is 5.63. The Balaban J connectivity index is 1.43. The molecule has 2 atom stereocenters. The molecule has 2 aliphatic rings. The molecule has 1 N–H and O–H groups in total. The van der Waals surface area contributed by atoms with Gasteiger partial charge in [-0.25, -0.2) is 0 Å². The quantitative estimate of drug-likeness (QED) is 0.293. The first-order valence-corrected chi connectivity index (χ1v) is 14.6. The number of para-hydroxylation sites is 1. The summed E-state index contributed by atoms with van der Waals surface area (Å²) in [6, 6.07) is 24.3. The number of aromatic nitrogens is 1. The van der Waals surface area contributed by atoms with Crippen molar-refractivity contribution in [1.29, 1.82) is 0 Å². The van der Waals surface area contributed by atoms with Crippen LogP contribution in [-0.4, -0.2) is 59.4 Å². The van der Waals surface area contributed by atoms with Crippen LogP contribution in [0.25, 0.3) is 10.9 Å². The Labute approximate surface area is 241 Å². The van der Waals surface area contributed by atoms with E-state index in [4.69, 9.17) is 9.47 Å². The van der Waals surface area contributed by atoms with Gasteiger partial charge in [0.2, 0.25) is 5.91 Å². The molecule has 0 bridgehead atoms. The highest BCUT2D eigenvalue weighted by Gasteiger charge is 2.56. The van der Waals surface area contributed by atoms with E-state index in [1.807, 2.05) is 62.4 Å². The smallest absolute Gasteiger partial charge is 0.254 e. The van der Waals surface area contributed by atoms with Gasteiger partial charge >= 0.3 is 0 Å². The Kier molecular flexibility index (Phi) is 7.20. The SMILES string of the molecule is CCCOc1ccc([C@@H]2CN3C(=O)CN(CCc4ccccc4)C(=O)[C@]3(C)c3[nH]c4ccccc4c32)cc1OCC. The Hall–Kier alpha value is -4.26. The van der Waals surface area contributed by atoms with Crippen LogP contribution in [0, 0.1) is 0 Å². The summed E-state index contributed by atoms with van der Waals surface area (Å²) >= 11 is 0. The van der Waals surface area contributed by atoms with Crippen LogP contribution in [0.1, 0.15) is 55.5 Å². The van der Waals surface area contributed by atoms with Gasteiger partial charge in [0, 0.05) is 29.9 Å². The van der Waals surface area contributed by atoms with Crippen molar-refractivity contribution in [1.82, 2.24) is 14.8 Å². The summed E-state index contributed by atoms with van der Waals surface area (Å²) in [5, 5.41) is 1.07. The van der Waals surface area contributed by atoms with Crippen LogP contribution in [0.4, 0.5) is 0 Å². The number of H-pyrrole nitrogens is 1. The third kappa shape index (κ3) is 4.63. The van der Waals surface area contributed by atoms with Crippen molar-refractivity contribution in [2.75, 3.05) is 32.8 Å². The molecule has 1 fully saturated rings. The Morgan fingerprint density at radius 3 is 2.51 bits per heavy atom. The van der Waals surface area contributed by atoms with Gasteiger partial charge in [-0.3, -0.25) is 9.59 Å². The lowest BCUT2D eigenvalue weighted by molar-refractivity contribution is -0.166. The fourth-order valence-electron chi connectivity index (χ4n) is 6.41. The Morgan fingerprint density at radius 2 is 1.73 bits per heavy atom. The number of nitrogens with zero attached hydrogens (tertiary/aromatic N) is 2. The molecule has 212 valence electrons. The lowest BCUT2D eigenvalue weighted by Crippen LogP contribution is -2.67. The Bertz CT molecular complexity index is 1580. The summed E-state index contributed by atoms with van der Waals surface area (Å²) in [6.07, 6.45) is 1.60. The van der Waals surface area contributed by atoms with E-state index in [9.17, 15) is 9.59 Å². The van der Waals surface area contributed by atoms with E-state index in [2.05, 4.69) is 36.2 Å². The summed E-state index contributed by atoms with van der Waals surface area (Å²) in [7, 11) is 0. The maximum absolute atomic E-state index is 14.3. The topological polar surface area (TPSA) is 74.9 Å². The first-order chi connectivity index (χ1) is 20.0. The Morgan fingerprint density at radius 1 is 0.951 bits per heavy atom. The molecule has 41 heavy (non-hydrogen) atoms. The average Bonchev–Trinajstić information content (AvgIpc) is 3.39. The molecule has 0 saturated carbocycles. The largest absolute Gasteiger partial charge is 0.490 e. The van der Waals surface area contributed by atoms with Crippen LogP contribution in [-0.2, 0) is 21.5 Å². The van der Waals surface area contributed by atoms with Crippen LogP contribution in [0.15, 0.2) is 72.8 Å².